The van der Waals surface area contributed by atoms with E-state index in [1.54, 1.807) is 24.3 Å². The van der Waals surface area contributed by atoms with Crippen LogP contribution >= 0.6 is 22.9 Å². The number of halogens is 1. The quantitative estimate of drug-likeness (QED) is 0.630. The normalized spacial score (nSPS) is 10.5. The molecule has 23 heavy (non-hydrogen) atoms. The summed E-state index contributed by atoms with van der Waals surface area (Å²) in [5.41, 5.74) is 3.09. The summed E-state index contributed by atoms with van der Waals surface area (Å²) in [4.78, 5) is 14.4. The molecule has 4 heteroatoms. The summed E-state index contributed by atoms with van der Waals surface area (Å²) in [7, 11) is 0. The SMILES string of the molecule is CCc1cc(C(=O)Nc2ccc(Cl)cc2)sc1-c1ccccc1. The largest absolute Gasteiger partial charge is 0.321 e. The molecule has 116 valence electrons. The highest BCUT2D eigenvalue weighted by molar-refractivity contribution is 7.17. The highest BCUT2D eigenvalue weighted by Gasteiger charge is 2.15. The van der Waals surface area contributed by atoms with Crippen LogP contribution in [0, 0.1) is 0 Å². The third-order valence-corrected chi connectivity index (χ3v) is 5.03. The molecule has 0 unspecified atom stereocenters. The summed E-state index contributed by atoms with van der Waals surface area (Å²) in [5.74, 6) is -0.0887. The molecule has 0 aliphatic carbocycles. The van der Waals surface area contributed by atoms with Crippen LogP contribution in [-0.2, 0) is 6.42 Å². The molecule has 3 aromatic rings. The number of nitrogens with one attached hydrogen (secondary N) is 1. The Kier molecular flexibility index (Phi) is 4.79. The number of anilines is 1. The molecule has 1 N–H and O–H groups in total. The van der Waals surface area contributed by atoms with Crippen molar-refractivity contribution in [3.63, 3.8) is 0 Å². The van der Waals surface area contributed by atoms with Gasteiger partial charge in [0.15, 0.2) is 0 Å². The van der Waals surface area contributed by atoms with Gasteiger partial charge >= 0.3 is 0 Å². The van der Waals surface area contributed by atoms with Crippen molar-refractivity contribution in [3.05, 3.63) is 76.1 Å². The molecular weight excluding hydrogens is 326 g/mol. The second kappa shape index (κ2) is 6.99. The highest BCUT2D eigenvalue weighted by Crippen LogP contribution is 2.33. The van der Waals surface area contributed by atoms with Gasteiger partial charge in [0.1, 0.15) is 0 Å². The van der Waals surface area contributed by atoms with Gasteiger partial charge in [-0.3, -0.25) is 4.79 Å². The Morgan fingerprint density at radius 2 is 1.78 bits per heavy atom. The molecule has 1 amide bonds. The molecule has 0 radical (unpaired) electrons. The second-order valence-corrected chi connectivity index (χ2v) is 6.63. The average Bonchev–Trinajstić information content (AvgIpc) is 3.02. The smallest absolute Gasteiger partial charge is 0.265 e. The third-order valence-electron chi connectivity index (χ3n) is 3.55. The van der Waals surface area contributed by atoms with Crippen LogP contribution in [-0.4, -0.2) is 5.91 Å². The Morgan fingerprint density at radius 1 is 1.09 bits per heavy atom. The van der Waals surface area contributed by atoms with E-state index in [2.05, 4.69) is 24.4 Å². The van der Waals surface area contributed by atoms with Crippen molar-refractivity contribution in [1.82, 2.24) is 0 Å². The zero-order valence-electron chi connectivity index (χ0n) is 12.7. The number of hydrogen-bond acceptors (Lipinski definition) is 2. The topological polar surface area (TPSA) is 29.1 Å². The van der Waals surface area contributed by atoms with Gasteiger partial charge in [-0.25, -0.2) is 0 Å². The molecular formula is C19H16ClNOS. The maximum atomic E-state index is 12.5. The van der Waals surface area contributed by atoms with Crippen LogP contribution in [0.25, 0.3) is 10.4 Å². The number of thiophene rings is 1. The summed E-state index contributed by atoms with van der Waals surface area (Å²) in [6.07, 6.45) is 0.898. The van der Waals surface area contributed by atoms with Crippen LogP contribution < -0.4 is 5.32 Å². The molecule has 0 atom stereocenters. The first-order valence-electron chi connectivity index (χ1n) is 7.42. The Labute approximate surface area is 144 Å². The van der Waals surface area contributed by atoms with Gasteiger partial charge in [-0.2, -0.15) is 0 Å². The van der Waals surface area contributed by atoms with Crippen molar-refractivity contribution in [1.29, 1.82) is 0 Å². The molecule has 2 aromatic carbocycles. The Balaban J connectivity index is 1.87. The molecule has 0 spiro atoms. The molecule has 2 nitrogen and oxygen atoms in total. The second-order valence-electron chi connectivity index (χ2n) is 5.15. The van der Waals surface area contributed by atoms with E-state index < -0.39 is 0 Å². The van der Waals surface area contributed by atoms with Crippen LogP contribution in [0.5, 0.6) is 0 Å². The first-order chi connectivity index (χ1) is 11.2. The fraction of sp³-hybridized carbons (Fsp3) is 0.105. The van der Waals surface area contributed by atoms with Crippen LogP contribution in [0.4, 0.5) is 5.69 Å². The van der Waals surface area contributed by atoms with E-state index in [-0.39, 0.29) is 5.91 Å². The highest BCUT2D eigenvalue weighted by atomic mass is 35.5. The molecule has 3 rings (SSSR count). The van der Waals surface area contributed by atoms with Gasteiger partial charge in [0, 0.05) is 15.6 Å². The van der Waals surface area contributed by atoms with E-state index in [4.69, 9.17) is 11.6 Å². The minimum Gasteiger partial charge on any atom is -0.321 e. The van der Waals surface area contributed by atoms with Crippen molar-refractivity contribution in [2.45, 2.75) is 13.3 Å². The van der Waals surface area contributed by atoms with Crippen molar-refractivity contribution in [3.8, 4) is 10.4 Å². The Bertz CT molecular complexity index is 809. The third kappa shape index (κ3) is 3.63. The number of aryl methyl sites for hydroxylation is 1. The van der Waals surface area contributed by atoms with Gasteiger partial charge in [-0.15, -0.1) is 11.3 Å². The monoisotopic (exact) mass is 341 g/mol. The lowest BCUT2D eigenvalue weighted by molar-refractivity contribution is 0.103. The fourth-order valence-corrected chi connectivity index (χ4v) is 3.64. The predicted molar refractivity (Wildman–Crippen MR) is 98.5 cm³/mol. The van der Waals surface area contributed by atoms with Gasteiger partial charge < -0.3 is 5.32 Å². The van der Waals surface area contributed by atoms with Gasteiger partial charge in [-0.05, 0) is 47.9 Å². The number of carbonyl (C=O) groups is 1. The minimum atomic E-state index is -0.0887. The van der Waals surface area contributed by atoms with E-state index in [0.29, 0.717) is 5.02 Å². The zero-order chi connectivity index (χ0) is 16.2. The molecule has 1 aromatic heterocycles. The molecule has 0 saturated heterocycles. The summed E-state index contributed by atoms with van der Waals surface area (Å²) < 4.78 is 0. The van der Waals surface area contributed by atoms with Gasteiger partial charge in [0.05, 0.1) is 4.88 Å². The van der Waals surface area contributed by atoms with Gasteiger partial charge in [0.25, 0.3) is 5.91 Å². The van der Waals surface area contributed by atoms with Gasteiger partial charge in [0.2, 0.25) is 0 Å². The van der Waals surface area contributed by atoms with Crippen LogP contribution in [0.15, 0.2) is 60.7 Å². The molecule has 0 saturated carbocycles. The van der Waals surface area contributed by atoms with E-state index in [9.17, 15) is 4.79 Å². The minimum absolute atomic E-state index is 0.0887. The van der Waals surface area contributed by atoms with E-state index in [0.717, 1.165) is 27.4 Å². The van der Waals surface area contributed by atoms with Gasteiger partial charge in [-0.1, -0.05) is 48.9 Å². The average molecular weight is 342 g/mol. The van der Waals surface area contributed by atoms with Crippen molar-refractivity contribution < 1.29 is 4.79 Å². The number of rotatable bonds is 4. The van der Waals surface area contributed by atoms with Crippen molar-refractivity contribution in [2.24, 2.45) is 0 Å². The zero-order valence-corrected chi connectivity index (χ0v) is 14.2. The molecule has 0 bridgehead atoms. The van der Waals surface area contributed by atoms with Crippen LogP contribution in [0.1, 0.15) is 22.2 Å². The lowest BCUT2D eigenvalue weighted by Gasteiger charge is -2.03. The molecule has 1 heterocycles. The van der Waals surface area contributed by atoms with Crippen molar-refractivity contribution in [2.75, 3.05) is 5.32 Å². The van der Waals surface area contributed by atoms with E-state index >= 15 is 0 Å². The van der Waals surface area contributed by atoms with E-state index in [1.165, 1.54) is 16.9 Å². The lowest BCUT2D eigenvalue weighted by Crippen LogP contribution is -2.09. The van der Waals surface area contributed by atoms with E-state index in [1.807, 2.05) is 24.3 Å². The Hall–Kier alpha value is -2.10. The predicted octanol–water partition coefficient (Wildman–Crippen LogP) is 5.88. The number of hydrogen-bond donors (Lipinski definition) is 1. The molecule has 0 aliphatic heterocycles. The summed E-state index contributed by atoms with van der Waals surface area (Å²) in [5, 5.41) is 3.57. The lowest BCUT2D eigenvalue weighted by atomic mass is 10.1. The molecule has 0 fully saturated rings. The maximum absolute atomic E-state index is 12.5. The Morgan fingerprint density at radius 3 is 2.43 bits per heavy atom. The number of benzene rings is 2. The molecule has 0 aliphatic rings. The first kappa shape index (κ1) is 15.8. The summed E-state index contributed by atoms with van der Waals surface area (Å²) in [6, 6.07) is 19.3. The van der Waals surface area contributed by atoms with Crippen LogP contribution in [0.3, 0.4) is 0 Å². The fourth-order valence-electron chi connectivity index (χ4n) is 2.36. The summed E-state index contributed by atoms with van der Waals surface area (Å²) >= 11 is 7.39. The maximum Gasteiger partial charge on any atom is 0.265 e. The van der Waals surface area contributed by atoms with Crippen molar-refractivity contribution >= 4 is 34.5 Å². The standard InChI is InChI=1S/C19H16ClNOS/c1-2-13-12-17(23-18(13)14-6-4-3-5-7-14)19(22)21-16-10-8-15(20)9-11-16/h3-12H,2H2,1H3,(H,21,22). The first-order valence-corrected chi connectivity index (χ1v) is 8.62. The number of carbonyl (C=O) groups excluding carboxylic acids is 1. The number of amides is 1. The van der Waals surface area contributed by atoms with Crippen LogP contribution in [0.2, 0.25) is 5.02 Å². The summed E-state index contributed by atoms with van der Waals surface area (Å²) in [6.45, 7) is 2.11.